The molecule has 2 aromatic carbocycles. The summed E-state index contributed by atoms with van der Waals surface area (Å²) >= 11 is 1.25. The lowest BCUT2D eigenvalue weighted by Crippen LogP contribution is -2.14. The lowest BCUT2D eigenvalue weighted by atomic mass is 10.1. The summed E-state index contributed by atoms with van der Waals surface area (Å²) in [6, 6.07) is 12.5. The van der Waals surface area contributed by atoms with Gasteiger partial charge in [0.05, 0.1) is 10.6 Å². The molecule has 0 saturated heterocycles. The second kappa shape index (κ2) is 6.86. The van der Waals surface area contributed by atoms with E-state index in [-0.39, 0.29) is 16.8 Å². The largest absolute Gasteiger partial charge is 0.478 e. The van der Waals surface area contributed by atoms with Crippen molar-refractivity contribution in [3.8, 4) is 10.4 Å². The number of anilines is 1. The minimum absolute atomic E-state index is 0.0457. The summed E-state index contributed by atoms with van der Waals surface area (Å²) in [5.74, 6) is -2.05. The molecule has 1 amide bonds. The highest BCUT2D eigenvalue weighted by Crippen LogP contribution is 2.36. The summed E-state index contributed by atoms with van der Waals surface area (Å²) in [6.07, 6.45) is 0. The van der Waals surface area contributed by atoms with E-state index in [4.69, 9.17) is 0 Å². The van der Waals surface area contributed by atoms with Crippen LogP contribution in [0.1, 0.15) is 26.3 Å². The summed E-state index contributed by atoms with van der Waals surface area (Å²) in [7, 11) is 0. The zero-order chi connectivity index (χ0) is 18.0. The molecule has 0 atom stereocenters. The Morgan fingerprint density at radius 3 is 2.28 bits per heavy atom. The third-order valence-corrected chi connectivity index (χ3v) is 4.70. The van der Waals surface area contributed by atoms with E-state index in [0.29, 0.717) is 4.88 Å². The Kier molecular flexibility index (Phi) is 4.63. The van der Waals surface area contributed by atoms with Crippen LogP contribution >= 0.6 is 11.3 Å². The molecular formula is C19H14FNO3S. The van der Waals surface area contributed by atoms with E-state index in [1.165, 1.54) is 35.6 Å². The highest BCUT2D eigenvalue weighted by molar-refractivity contribution is 7.14. The lowest BCUT2D eigenvalue weighted by Gasteiger charge is -2.06. The molecule has 25 heavy (non-hydrogen) atoms. The van der Waals surface area contributed by atoms with Crippen LogP contribution in [-0.2, 0) is 0 Å². The van der Waals surface area contributed by atoms with Gasteiger partial charge in [-0.15, -0.1) is 11.3 Å². The molecule has 1 aromatic heterocycles. The van der Waals surface area contributed by atoms with Crippen molar-refractivity contribution >= 4 is 28.9 Å². The zero-order valence-corrected chi connectivity index (χ0v) is 14.1. The number of carboxylic acid groups (broad SMARTS) is 1. The first-order valence-corrected chi connectivity index (χ1v) is 8.32. The molecule has 3 rings (SSSR count). The zero-order valence-electron chi connectivity index (χ0n) is 13.2. The molecule has 0 unspecified atom stereocenters. The smallest absolute Gasteiger partial charge is 0.339 e. The van der Waals surface area contributed by atoms with Crippen molar-refractivity contribution in [2.45, 2.75) is 6.92 Å². The van der Waals surface area contributed by atoms with Gasteiger partial charge in [-0.25, -0.2) is 9.18 Å². The molecule has 0 bridgehead atoms. The van der Waals surface area contributed by atoms with Crippen molar-refractivity contribution in [1.29, 1.82) is 0 Å². The van der Waals surface area contributed by atoms with E-state index in [1.54, 1.807) is 5.38 Å². The van der Waals surface area contributed by atoms with Crippen molar-refractivity contribution in [2.75, 3.05) is 5.32 Å². The second-order valence-electron chi connectivity index (χ2n) is 5.49. The molecule has 0 aliphatic heterocycles. The Bertz CT molecular complexity index is 930. The molecule has 3 aromatic rings. The molecule has 0 aliphatic carbocycles. The predicted molar refractivity (Wildman–Crippen MR) is 95.8 cm³/mol. The molecule has 2 N–H and O–H groups in total. The highest BCUT2D eigenvalue weighted by Gasteiger charge is 2.21. The third kappa shape index (κ3) is 3.59. The number of carbonyl (C=O) groups excluding carboxylic acids is 1. The van der Waals surface area contributed by atoms with E-state index < -0.39 is 17.7 Å². The summed E-state index contributed by atoms with van der Waals surface area (Å²) in [5, 5.41) is 13.8. The molecule has 6 heteroatoms. The van der Waals surface area contributed by atoms with Crippen LogP contribution in [0.25, 0.3) is 10.4 Å². The summed E-state index contributed by atoms with van der Waals surface area (Å²) in [4.78, 5) is 24.6. The lowest BCUT2D eigenvalue weighted by molar-refractivity contribution is 0.0699. The Labute approximate surface area is 147 Å². The minimum Gasteiger partial charge on any atom is -0.478 e. The van der Waals surface area contributed by atoms with Crippen molar-refractivity contribution in [1.82, 2.24) is 0 Å². The van der Waals surface area contributed by atoms with Gasteiger partial charge in [-0.2, -0.15) is 0 Å². The van der Waals surface area contributed by atoms with Gasteiger partial charge in [0.1, 0.15) is 11.4 Å². The van der Waals surface area contributed by atoms with E-state index in [1.807, 2.05) is 31.2 Å². The molecule has 0 radical (unpaired) electrons. The number of carboxylic acids is 1. The first-order chi connectivity index (χ1) is 12.0. The highest BCUT2D eigenvalue weighted by atomic mass is 32.1. The van der Waals surface area contributed by atoms with E-state index in [9.17, 15) is 19.1 Å². The van der Waals surface area contributed by atoms with Gasteiger partial charge in [-0.1, -0.05) is 29.8 Å². The van der Waals surface area contributed by atoms with Crippen molar-refractivity contribution < 1.29 is 19.1 Å². The van der Waals surface area contributed by atoms with Gasteiger partial charge in [0.15, 0.2) is 0 Å². The van der Waals surface area contributed by atoms with Crippen LogP contribution in [0.4, 0.5) is 10.1 Å². The fraction of sp³-hybridized carbons (Fsp3) is 0.0526. The quantitative estimate of drug-likeness (QED) is 0.705. The molecule has 0 saturated carbocycles. The number of amides is 1. The van der Waals surface area contributed by atoms with E-state index >= 15 is 0 Å². The number of hydrogen-bond acceptors (Lipinski definition) is 3. The van der Waals surface area contributed by atoms with Crippen LogP contribution in [0.5, 0.6) is 0 Å². The number of thiophene rings is 1. The molecule has 0 spiro atoms. The standard InChI is InChI=1S/C19H14FNO3S/c1-11-2-4-12(5-3-11)17-16(19(23)24)15(10-25-17)21-18(22)13-6-8-14(20)9-7-13/h2-10H,1H3,(H,21,22)(H,23,24). The summed E-state index contributed by atoms with van der Waals surface area (Å²) < 4.78 is 13.0. The predicted octanol–water partition coefficient (Wildman–Crippen LogP) is 4.81. The second-order valence-corrected chi connectivity index (χ2v) is 6.37. The number of carbonyl (C=O) groups is 2. The SMILES string of the molecule is Cc1ccc(-c2scc(NC(=O)c3ccc(F)cc3)c2C(=O)O)cc1. The fourth-order valence-corrected chi connectivity index (χ4v) is 3.38. The van der Waals surface area contributed by atoms with Crippen LogP contribution in [-0.4, -0.2) is 17.0 Å². The van der Waals surface area contributed by atoms with Gasteiger partial charge in [-0.05, 0) is 36.8 Å². The Balaban J connectivity index is 1.94. The number of nitrogens with one attached hydrogen (secondary N) is 1. The molecule has 0 aliphatic rings. The summed E-state index contributed by atoms with van der Waals surface area (Å²) in [5.41, 5.74) is 2.37. The molecule has 126 valence electrons. The van der Waals surface area contributed by atoms with Crippen LogP contribution in [0, 0.1) is 12.7 Å². The minimum atomic E-state index is -1.12. The number of benzene rings is 2. The van der Waals surface area contributed by atoms with Gasteiger partial charge >= 0.3 is 5.97 Å². The maximum absolute atomic E-state index is 13.0. The monoisotopic (exact) mass is 355 g/mol. The molecule has 1 heterocycles. The number of aryl methyl sites for hydroxylation is 1. The van der Waals surface area contributed by atoms with Crippen LogP contribution in [0.2, 0.25) is 0 Å². The van der Waals surface area contributed by atoms with Crippen LogP contribution in [0.3, 0.4) is 0 Å². The fourth-order valence-electron chi connectivity index (χ4n) is 2.38. The Hall–Kier alpha value is -2.99. The summed E-state index contributed by atoms with van der Waals surface area (Å²) in [6.45, 7) is 1.95. The normalized spacial score (nSPS) is 10.5. The van der Waals surface area contributed by atoms with Crippen molar-refractivity contribution in [3.05, 3.63) is 76.4 Å². The van der Waals surface area contributed by atoms with Crippen molar-refractivity contribution in [2.24, 2.45) is 0 Å². The van der Waals surface area contributed by atoms with Gasteiger partial charge < -0.3 is 10.4 Å². The molecule has 4 nitrogen and oxygen atoms in total. The maximum Gasteiger partial charge on any atom is 0.339 e. The average molecular weight is 355 g/mol. The maximum atomic E-state index is 13.0. The Morgan fingerprint density at radius 1 is 1.04 bits per heavy atom. The van der Waals surface area contributed by atoms with Gasteiger partial charge in [0.2, 0.25) is 0 Å². The van der Waals surface area contributed by atoms with Gasteiger partial charge in [-0.3, -0.25) is 4.79 Å². The van der Waals surface area contributed by atoms with Gasteiger partial charge in [0.25, 0.3) is 5.91 Å². The number of halogens is 1. The van der Waals surface area contributed by atoms with E-state index in [0.717, 1.165) is 11.1 Å². The van der Waals surface area contributed by atoms with Crippen LogP contribution < -0.4 is 5.32 Å². The first-order valence-electron chi connectivity index (χ1n) is 7.44. The topological polar surface area (TPSA) is 66.4 Å². The van der Waals surface area contributed by atoms with Crippen molar-refractivity contribution in [3.63, 3.8) is 0 Å². The van der Waals surface area contributed by atoms with Gasteiger partial charge in [0, 0.05) is 10.9 Å². The molecular weight excluding hydrogens is 341 g/mol. The number of aromatic carboxylic acids is 1. The molecule has 0 fully saturated rings. The first kappa shape index (κ1) is 16.9. The third-order valence-electron chi connectivity index (χ3n) is 3.67. The van der Waals surface area contributed by atoms with E-state index in [2.05, 4.69) is 5.32 Å². The Morgan fingerprint density at radius 2 is 1.68 bits per heavy atom. The number of hydrogen-bond donors (Lipinski definition) is 2. The number of rotatable bonds is 4. The average Bonchev–Trinajstić information content (AvgIpc) is 3.00. The van der Waals surface area contributed by atoms with Crippen LogP contribution in [0.15, 0.2) is 53.9 Å².